The molecule has 22 heavy (non-hydrogen) atoms. The normalized spacial score (nSPS) is 12.2. The third kappa shape index (κ3) is 3.97. The van der Waals surface area contributed by atoms with Gasteiger partial charge in [0.05, 0.1) is 12.1 Å². The van der Waals surface area contributed by atoms with E-state index in [2.05, 4.69) is 41.6 Å². The van der Waals surface area contributed by atoms with E-state index in [0.717, 1.165) is 23.4 Å². The Morgan fingerprint density at radius 2 is 1.95 bits per heavy atom. The van der Waals surface area contributed by atoms with Gasteiger partial charge in [-0.1, -0.05) is 37.3 Å². The van der Waals surface area contributed by atoms with Crippen LogP contribution in [0.25, 0.3) is 0 Å². The van der Waals surface area contributed by atoms with Crippen LogP contribution in [0.2, 0.25) is 0 Å². The van der Waals surface area contributed by atoms with E-state index in [9.17, 15) is 4.79 Å². The van der Waals surface area contributed by atoms with Gasteiger partial charge in [0.25, 0.3) is 0 Å². The van der Waals surface area contributed by atoms with Crippen LogP contribution < -0.4 is 5.32 Å². The molecule has 4 nitrogen and oxygen atoms in total. The summed E-state index contributed by atoms with van der Waals surface area (Å²) in [6, 6.07) is 10.4. The molecule has 0 radical (unpaired) electrons. The summed E-state index contributed by atoms with van der Waals surface area (Å²) < 4.78 is 1.83. The summed E-state index contributed by atoms with van der Waals surface area (Å²) in [5.74, 6) is 0.517. The molecule has 4 heteroatoms. The smallest absolute Gasteiger partial charge is 0.224 e. The largest absolute Gasteiger partial charge is 0.356 e. The number of aryl methyl sites for hydroxylation is 2. The zero-order chi connectivity index (χ0) is 16.1. The number of aromatic nitrogens is 2. The van der Waals surface area contributed by atoms with Crippen molar-refractivity contribution in [1.82, 2.24) is 15.1 Å². The monoisotopic (exact) mass is 299 g/mol. The molecule has 0 bridgehead atoms. The summed E-state index contributed by atoms with van der Waals surface area (Å²) in [5, 5.41) is 7.37. The highest BCUT2D eigenvalue weighted by atomic mass is 16.1. The average molecular weight is 299 g/mol. The number of carbonyl (C=O) groups is 1. The van der Waals surface area contributed by atoms with Crippen molar-refractivity contribution in [3.05, 3.63) is 52.8 Å². The van der Waals surface area contributed by atoms with Gasteiger partial charge in [-0.2, -0.15) is 5.10 Å². The Kier molecular flexibility index (Phi) is 5.36. The summed E-state index contributed by atoms with van der Waals surface area (Å²) in [5.41, 5.74) is 4.35. The van der Waals surface area contributed by atoms with Gasteiger partial charge in [-0.15, -0.1) is 0 Å². The third-order valence-electron chi connectivity index (χ3n) is 4.26. The summed E-state index contributed by atoms with van der Waals surface area (Å²) in [6.45, 7) is 6.84. The number of hydrogen-bond donors (Lipinski definition) is 1. The lowest BCUT2D eigenvalue weighted by Gasteiger charge is -2.12. The minimum atomic E-state index is 0.0689. The van der Waals surface area contributed by atoms with E-state index in [4.69, 9.17) is 0 Å². The highest BCUT2D eigenvalue weighted by Gasteiger charge is 2.13. The second kappa shape index (κ2) is 7.25. The minimum Gasteiger partial charge on any atom is -0.356 e. The first-order valence-electron chi connectivity index (χ1n) is 7.79. The number of amides is 1. The maximum atomic E-state index is 12.1. The number of carbonyl (C=O) groups excluding carboxylic acids is 1. The Balaban J connectivity index is 1.81. The molecule has 2 aromatic rings. The molecule has 118 valence electrons. The van der Waals surface area contributed by atoms with Crippen molar-refractivity contribution in [3.63, 3.8) is 0 Å². The molecule has 0 spiro atoms. The van der Waals surface area contributed by atoms with Crippen LogP contribution in [-0.4, -0.2) is 22.2 Å². The first kappa shape index (κ1) is 16.3. The lowest BCUT2D eigenvalue weighted by Crippen LogP contribution is -2.27. The molecule has 0 aliphatic heterocycles. The number of rotatable bonds is 6. The molecule has 0 saturated heterocycles. The molecule has 1 atom stereocenters. The van der Waals surface area contributed by atoms with Crippen molar-refractivity contribution in [1.29, 1.82) is 0 Å². The Hall–Kier alpha value is -2.10. The zero-order valence-corrected chi connectivity index (χ0v) is 13.9. The van der Waals surface area contributed by atoms with Gasteiger partial charge in [-0.3, -0.25) is 9.48 Å². The van der Waals surface area contributed by atoms with Gasteiger partial charge in [-0.05, 0) is 31.7 Å². The fourth-order valence-corrected chi connectivity index (χ4v) is 2.67. The fourth-order valence-electron chi connectivity index (χ4n) is 2.67. The summed E-state index contributed by atoms with van der Waals surface area (Å²) in [6.07, 6.45) is 1.35. The van der Waals surface area contributed by atoms with Crippen molar-refractivity contribution in [2.75, 3.05) is 6.54 Å². The Bertz CT molecular complexity index is 631. The predicted molar refractivity (Wildman–Crippen MR) is 88.9 cm³/mol. The van der Waals surface area contributed by atoms with Gasteiger partial charge in [-0.25, -0.2) is 0 Å². The van der Waals surface area contributed by atoms with Gasteiger partial charge < -0.3 is 5.32 Å². The molecule has 0 saturated carbocycles. The number of nitrogens with zero attached hydrogens (tertiary/aromatic N) is 2. The lowest BCUT2D eigenvalue weighted by atomic mass is 9.98. The van der Waals surface area contributed by atoms with E-state index < -0.39 is 0 Å². The molecule has 2 rings (SSSR count). The average Bonchev–Trinajstić information content (AvgIpc) is 2.74. The van der Waals surface area contributed by atoms with Crippen LogP contribution in [0.5, 0.6) is 0 Å². The molecule has 1 heterocycles. The van der Waals surface area contributed by atoms with E-state index in [0.29, 0.717) is 18.9 Å². The summed E-state index contributed by atoms with van der Waals surface area (Å²) >= 11 is 0. The highest BCUT2D eigenvalue weighted by Crippen LogP contribution is 2.17. The van der Waals surface area contributed by atoms with E-state index in [-0.39, 0.29) is 5.91 Å². The van der Waals surface area contributed by atoms with Gasteiger partial charge in [0.15, 0.2) is 0 Å². The predicted octanol–water partition coefficient (Wildman–Crippen LogP) is 2.89. The highest BCUT2D eigenvalue weighted by molar-refractivity contribution is 5.79. The zero-order valence-electron chi connectivity index (χ0n) is 13.9. The Morgan fingerprint density at radius 3 is 2.55 bits per heavy atom. The quantitative estimate of drug-likeness (QED) is 0.891. The Morgan fingerprint density at radius 1 is 1.27 bits per heavy atom. The lowest BCUT2D eigenvalue weighted by molar-refractivity contribution is -0.120. The van der Waals surface area contributed by atoms with Gasteiger partial charge in [0.1, 0.15) is 0 Å². The van der Waals surface area contributed by atoms with Crippen molar-refractivity contribution >= 4 is 5.91 Å². The van der Waals surface area contributed by atoms with Crippen LogP contribution in [0, 0.1) is 13.8 Å². The maximum absolute atomic E-state index is 12.1. The molecule has 1 N–H and O–H groups in total. The first-order valence-corrected chi connectivity index (χ1v) is 7.79. The fraction of sp³-hybridized carbons (Fsp3) is 0.444. The van der Waals surface area contributed by atoms with Crippen molar-refractivity contribution in [2.45, 2.75) is 39.5 Å². The topological polar surface area (TPSA) is 46.9 Å². The van der Waals surface area contributed by atoms with Crippen molar-refractivity contribution < 1.29 is 4.79 Å². The minimum absolute atomic E-state index is 0.0689. The SMILES string of the molecule is Cc1nn(C)c(C)c1CC(=O)NCC[C@H](C)c1ccccc1. The summed E-state index contributed by atoms with van der Waals surface area (Å²) in [4.78, 5) is 12.1. The van der Waals surface area contributed by atoms with Crippen molar-refractivity contribution in [2.24, 2.45) is 7.05 Å². The van der Waals surface area contributed by atoms with E-state index in [1.165, 1.54) is 5.56 Å². The number of nitrogens with one attached hydrogen (secondary N) is 1. The van der Waals surface area contributed by atoms with E-state index in [1.807, 2.05) is 31.6 Å². The van der Waals surface area contributed by atoms with Crippen LogP contribution in [0.4, 0.5) is 0 Å². The molecular formula is C18H25N3O. The van der Waals surface area contributed by atoms with Crippen LogP contribution in [0.1, 0.15) is 41.8 Å². The van der Waals surface area contributed by atoms with Gasteiger partial charge in [0.2, 0.25) is 5.91 Å². The van der Waals surface area contributed by atoms with Crippen LogP contribution in [0.15, 0.2) is 30.3 Å². The molecule has 1 aromatic carbocycles. The molecule has 0 aliphatic carbocycles. The molecule has 1 amide bonds. The van der Waals surface area contributed by atoms with E-state index in [1.54, 1.807) is 0 Å². The standard InChI is InChI=1S/C18H25N3O/c1-13(16-8-6-5-7-9-16)10-11-19-18(22)12-17-14(2)20-21(4)15(17)3/h5-9,13H,10-12H2,1-4H3,(H,19,22)/t13-/m0/s1. The number of benzene rings is 1. The number of hydrogen-bond acceptors (Lipinski definition) is 2. The molecule has 0 fully saturated rings. The third-order valence-corrected chi connectivity index (χ3v) is 4.26. The van der Waals surface area contributed by atoms with Gasteiger partial charge >= 0.3 is 0 Å². The Labute approximate surface area is 132 Å². The van der Waals surface area contributed by atoms with E-state index >= 15 is 0 Å². The molecule has 0 unspecified atom stereocenters. The summed E-state index contributed by atoms with van der Waals surface area (Å²) in [7, 11) is 1.91. The van der Waals surface area contributed by atoms with Crippen LogP contribution in [-0.2, 0) is 18.3 Å². The van der Waals surface area contributed by atoms with Crippen molar-refractivity contribution in [3.8, 4) is 0 Å². The van der Waals surface area contributed by atoms with Crippen LogP contribution in [0.3, 0.4) is 0 Å². The molecular weight excluding hydrogens is 274 g/mol. The first-order chi connectivity index (χ1) is 10.5. The molecule has 0 aliphatic rings. The van der Waals surface area contributed by atoms with Gasteiger partial charge in [0, 0.05) is 24.8 Å². The molecule has 1 aromatic heterocycles. The second-order valence-electron chi connectivity index (χ2n) is 5.90. The van der Waals surface area contributed by atoms with Crippen LogP contribution >= 0.6 is 0 Å². The second-order valence-corrected chi connectivity index (χ2v) is 5.90. The maximum Gasteiger partial charge on any atom is 0.224 e.